The summed E-state index contributed by atoms with van der Waals surface area (Å²) in [5.41, 5.74) is 0. The van der Waals surface area contributed by atoms with Gasteiger partial charge in [0.1, 0.15) is 0 Å². The molecule has 2 rings (SSSR count). The number of anilines is 1. The summed E-state index contributed by atoms with van der Waals surface area (Å²) >= 11 is 0. The summed E-state index contributed by atoms with van der Waals surface area (Å²) in [7, 11) is 0. The number of hydrogen-bond donors (Lipinski definition) is 2. The van der Waals surface area contributed by atoms with Crippen molar-refractivity contribution >= 4 is 12.0 Å². The van der Waals surface area contributed by atoms with Crippen molar-refractivity contribution in [3.63, 3.8) is 0 Å². The van der Waals surface area contributed by atoms with Gasteiger partial charge in [-0.25, -0.2) is 14.8 Å². The molecule has 1 aliphatic heterocycles. The predicted octanol–water partition coefficient (Wildman–Crippen LogP) is 0.323. The molecule has 1 aliphatic rings. The minimum absolute atomic E-state index is 0.0219. The van der Waals surface area contributed by atoms with Crippen LogP contribution < -0.4 is 10.2 Å². The molecule has 6 nitrogen and oxygen atoms in total. The zero-order valence-corrected chi connectivity index (χ0v) is 8.13. The van der Waals surface area contributed by atoms with Crippen LogP contribution in [0.1, 0.15) is 6.42 Å². The van der Waals surface area contributed by atoms with Gasteiger partial charge in [-0.3, -0.25) is 0 Å². The van der Waals surface area contributed by atoms with Gasteiger partial charge in [0, 0.05) is 25.5 Å². The molecular formula is C9H12N4O2. The zero-order chi connectivity index (χ0) is 10.7. The SMILES string of the molecule is O=C(O)NC1CCN(c2ncccn2)C1. The molecule has 0 aromatic carbocycles. The molecule has 1 amide bonds. The molecule has 80 valence electrons. The maximum atomic E-state index is 10.4. The molecule has 0 radical (unpaired) electrons. The molecule has 0 aliphatic carbocycles. The predicted molar refractivity (Wildman–Crippen MR) is 53.8 cm³/mol. The number of carbonyl (C=O) groups is 1. The van der Waals surface area contributed by atoms with Gasteiger partial charge in [-0.1, -0.05) is 0 Å². The average molecular weight is 208 g/mol. The fourth-order valence-electron chi connectivity index (χ4n) is 1.69. The lowest BCUT2D eigenvalue weighted by molar-refractivity contribution is 0.191. The lowest BCUT2D eigenvalue weighted by Gasteiger charge is -2.15. The van der Waals surface area contributed by atoms with E-state index in [0.717, 1.165) is 13.0 Å². The van der Waals surface area contributed by atoms with Gasteiger partial charge in [0.15, 0.2) is 0 Å². The highest BCUT2D eigenvalue weighted by Crippen LogP contribution is 2.14. The first-order valence-electron chi connectivity index (χ1n) is 4.77. The van der Waals surface area contributed by atoms with E-state index in [4.69, 9.17) is 5.11 Å². The van der Waals surface area contributed by atoms with E-state index in [9.17, 15) is 4.79 Å². The Morgan fingerprint density at radius 2 is 2.27 bits per heavy atom. The third-order valence-electron chi connectivity index (χ3n) is 2.35. The van der Waals surface area contributed by atoms with E-state index in [1.54, 1.807) is 18.5 Å². The van der Waals surface area contributed by atoms with Crippen LogP contribution in [0.15, 0.2) is 18.5 Å². The van der Waals surface area contributed by atoms with Crippen molar-refractivity contribution in [1.82, 2.24) is 15.3 Å². The molecule has 1 saturated heterocycles. The molecule has 6 heteroatoms. The monoisotopic (exact) mass is 208 g/mol. The Morgan fingerprint density at radius 3 is 2.93 bits per heavy atom. The van der Waals surface area contributed by atoms with Crippen LogP contribution in [-0.4, -0.2) is 40.3 Å². The van der Waals surface area contributed by atoms with Gasteiger partial charge < -0.3 is 15.3 Å². The Labute approximate surface area is 87.0 Å². The van der Waals surface area contributed by atoms with Crippen molar-refractivity contribution < 1.29 is 9.90 Å². The topological polar surface area (TPSA) is 78.4 Å². The first-order valence-corrected chi connectivity index (χ1v) is 4.77. The number of nitrogens with one attached hydrogen (secondary N) is 1. The van der Waals surface area contributed by atoms with Crippen molar-refractivity contribution in [2.24, 2.45) is 0 Å². The van der Waals surface area contributed by atoms with Crippen molar-refractivity contribution in [2.45, 2.75) is 12.5 Å². The molecule has 1 aromatic heterocycles. The molecular weight excluding hydrogens is 196 g/mol. The minimum Gasteiger partial charge on any atom is -0.465 e. The summed E-state index contributed by atoms with van der Waals surface area (Å²) in [6, 6.07) is 1.73. The van der Waals surface area contributed by atoms with E-state index in [1.165, 1.54) is 0 Å². The normalized spacial score (nSPS) is 20.3. The second kappa shape index (κ2) is 4.12. The number of nitrogens with zero attached hydrogens (tertiary/aromatic N) is 3. The molecule has 1 unspecified atom stereocenters. The summed E-state index contributed by atoms with van der Waals surface area (Å²) in [5.74, 6) is 0.659. The fraction of sp³-hybridized carbons (Fsp3) is 0.444. The first kappa shape index (κ1) is 9.70. The number of hydrogen-bond acceptors (Lipinski definition) is 4. The second-order valence-electron chi connectivity index (χ2n) is 3.43. The van der Waals surface area contributed by atoms with E-state index in [-0.39, 0.29) is 6.04 Å². The molecule has 1 aromatic rings. The largest absolute Gasteiger partial charge is 0.465 e. The van der Waals surface area contributed by atoms with Crippen LogP contribution in [0.2, 0.25) is 0 Å². The van der Waals surface area contributed by atoms with Gasteiger partial charge in [-0.15, -0.1) is 0 Å². The number of rotatable bonds is 2. The highest BCUT2D eigenvalue weighted by atomic mass is 16.4. The first-order chi connectivity index (χ1) is 7.25. The van der Waals surface area contributed by atoms with Crippen LogP contribution in [0.25, 0.3) is 0 Å². The Kier molecular flexibility index (Phi) is 2.66. The quantitative estimate of drug-likeness (QED) is 0.732. The third-order valence-corrected chi connectivity index (χ3v) is 2.35. The van der Waals surface area contributed by atoms with Crippen molar-refractivity contribution in [3.8, 4) is 0 Å². The van der Waals surface area contributed by atoms with Gasteiger partial charge in [-0.05, 0) is 12.5 Å². The second-order valence-corrected chi connectivity index (χ2v) is 3.43. The van der Waals surface area contributed by atoms with Gasteiger partial charge in [0.2, 0.25) is 5.95 Å². The van der Waals surface area contributed by atoms with E-state index in [1.807, 2.05) is 4.90 Å². The number of carboxylic acid groups (broad SMARTS) is 1. The molecule has 15 heavy (non-hydrogen) atoms. The highest BCUT2D eigenvalue weighted by Gasteiger charge is 2.24. The molecule has 0 saturated carbocycles. The van der Waals surface area contributed by atoms with Gasteiger partial charge in [0.05, 0.1) is 6.04 Å². The Bertz CT molecular complexity index is 343. The molecule has 1 fully saturated rings. The van der Waals surface area contributed by atoms with E-state index in [0.29, 0.717) is 12.5 Å². The fourth-order valence-corrected chi connectivity index (χ4v) is 1.69. The standard InChI is InChI=1S/C9H12N4O2/c14-9(15)12-7-2-5-13(6-7)8-10-3-1-4-11-8/h1,3-4,7,12H,2,5-6H2,(H,14,15). The minimum atomic E-state index is -0.976. The molecule has 2 heterocycles. The third kappa shape index (κ3) is 2.34. The van der Waals surface area contributed by atoms with E-state index < -0.39 is 6.09 Å². The van der Waals surface area contributed by atoms with Gasteiger partial charge in [-0.2, -0.15) is 0 Å². The van der Waals surface area contributed by atoms with Crippen molar-refractivity contribution in [1.29, 1.82) is 0 Å². The Hall–Kier alpha value is -1.85. The summed E-state index contributed by atoms with van der Waals surface area (Å²) in [6.45, 7) is 1.42. The maximum absolute atomic E-state index is 10.4. The molecule has 0 bridgehead atoms. The molecule has 1 atom stereocenters. The average Bonchev–Trinajstić information content (AvgIpc) is 2.67. The lowest BCUT2D eigenvalue weighted by Crippen LogP contribution is -2.36. The van der Waals surface area contributed by atoms with Crippen LogP contribution in [0, 0.1) is 0 Å². The van der Waals surface area contributed by atoms with Gasteiger partial charge in [0.25, 0.3) is 0 Å². The summed E-state index contributed by atoms with van der Waals surface area (Å²) < 4.78 is 0. The van der Waals surface area contributed by atoms with Crippen LogP contribution in [0.4, 0.5) is 10.7 Å². The van der Waals surface area contributed by atoms with Crippen LogP contribution >= 0.6 is 0 Å². The van der Waals surface area contributed by atoms with Gasteiger partial charge >= 0.3 is 6.09 Å². The Balaban J connectivity index is 1.96. The Morgan fingerprint density at radius 1 is 1.53 bits per heavy atom. The summed E-state index contributed by atoms with van der Waals surface area (Å²) in [4.78, 5) is 20.6. The van der Waals surface area contributed by atoms with Crippen LogP contribution in [0.3, 0.4) is 0 Å². The highest BCUT2D eigenvalue weighted by molar-refractivity contribution is 5.65. The van der Waals surface area contributed by atoms with Crippen LogP contribution in [-0.2, 0) is 0 Å². The smallest absolute Gasteiger partial charge is 0.404 e. The summed E-state index contributed by atoms with van der Waals surface area (Å²) in [5, 5.41) is 11.0. The van der Waals surface area contributed by atoms with Crippen molar-refractivity contribution in [2.75, 3.05) is 18.0 Å². The number of amides is 1. The summed E-state index contributed by atoms with van der Waals surface area (Å²) in [6.07, 6.45) is 3.18. The lowest BCUT2D eigenvalue weighted by atomic mass is 10.3. The molecule has 2 N–H and O–H groups in total. The van der Waals surface area contributed by atoms with E-state index in [2.05, 4.69) is 15.3 Å². The molecule has 0 spiro atoms. The van der Waals surface area contributed by atoms with E-state index >= 15 is 0 Å². The number of aromatic nitrogens is 2. The van der Waals surface area contributed by atoms with Crippen LogP contribution in [0.5, 0.6) is 0 Å². The zero-order valence-electron chi connectivity index (χ0n) is 8.13. The van der Waals surface area contributed by atoms with Crippen molar-refractivity contribution in [3.05, 3.63) is 18.5 Å². The maximum Gasteiger partial charge on any atom is 0.404 e.